The molecule has 3 rings (SSSR count). The van der Waals surface area contributed by atoms with E-state index in [2.05, 4.69) is 5.32 Å². The summed E-state index contributed by atoms with van der Waals surface area (Å²) >= 11 is 0. The molecule has 0 radical (unpaired) electrons. The zero-order valence-electron chi connectivity index (χ0n) is 13.1. The van der Waals surface area contributed by atoms with Gasteiger partial charge in [-0.3, -0.25) is 9.59 Å². The van der Waals surface area contributed by atoms with E-state index in [1.54, 1.807) is 4.90 Å². The molecule has 0 bridgehead atoms. The Balaban J connectivity index is 1.55. The maximum atomic E-state index is 12.7. The molecule has 1 saturated carbocycles. The van der Waals surface area contributed by atoms with Gasteiger partial charge in [-0.2, -0.15) is 13.2 Å². The minimum absolute atomic E-state index is 0.145. The highest BCUT2D eigenvalue weighted by molar-refractivity contribution is 5.93. The van der Waals surface area contributed by atoms with Gasteiger partial charge in [0.2, 0.25) is 11.8 Å². The Morgan fingerprint density at radius 3 is 2.29 bits per heavy atom. The number of piperidine rings is 1. The number of carbonyl (C=O) groups is 2. The van der Waals surface area contributed by atoms with Gasteiger partial charge in [0.25, 0.3) is 0 Å². The Morgan fingerprint density at radius 1 is 1.04 bits per heavy atom. The Kier molecular flexibility index (Phi) is 4.51. The van der Waals surface area contributed by atoms with Crippen LogP contribution in [-0.4, -0.2) is 29.8 Å². The van der Waals surface area contributed by atoms with E-state index in [4.69, 9.17) is 0 Å². The molecule has 1 aromatic carbocycles. The van der Waals surface area contributed by atoms with Crippen LogP contribution in [-0.2, 0) is 15.8 Å². The summed E-state index contributed by atoms with van der Waals surface area (Å²) in [6, 6.07) is 4.62. The van der Waals surface area contributed by atoms with Crippen LogP contribution < -0.4 is 5.32 Å². The van der Waals surface area contributed by atoms with E-state index in [0.717, 1.165) is 25.0 Å². The number of nitrogens with one attached hydrogen (secondary N) is 1. The average molecular weight is 340 g/mol. The number of carbonyl (C=O) groups excluding carboxylic acids is 2. The molecule has 1 aliphatic carbocycles. The van der Waals surface area contributed by atoms with E-state index in [0.29, 0.717) is 25.9 Å². The molecule has 130 valence electrons. The average Bonchev–Trinajstić information content (AvgIpc) is 3.39. The minimum Gasteiger partial charge on any atom is -0.342 e. The number of benzene rings is 1. The van der Waals surface area contributed by atoms with Crippen LogP contribution in [0.2, 0.25) is 0 Å². The number of anilines is 1. The summed E-state index contributed by atoms with van der Waals surface area (Å²) in [5.74, 6) is -0.220. The van der Waals surface area contributed by atoms with Gasteiger partial charge in [0.15, 0.2) is 0 Å². The van der Waals surface area contributed by atoms with Crippen molar-refractivity contribution in [3.63, 3.8) is 0 Å². The van der Waals surface area contributed by atoms with Crippen LogP contribution in [0, 0.1) is 11.8 Å². The third-order valence-electron chi connectivity index (χ3n) is 4.56. The summed E-state index contributed by atoms with van der Waals surface area (Å²) < 4.78 is 38.1. The molecule has 2 aliphatic rings. The van der Waals surface area contributed by atoms with Gasteiger partial charge in [-0.15, -0.1) is 0 Å². The molecule has 1 N–H and O–H groups in total. The maximum Gasteiger partial charge on any atom is 0.416 e. The fraction of sp³-hybridized carbons (Fsp3) is 0.529. The molecule has 1 aromatic rings. The van der Waals surface area contributed by atoms with Gasteiger partial charge < -0.3 is 10.2 Å². The molecule has 4 nitrogen and oxygen atoms in total. The molecule has 0 unspecified atom stereocenters. The normalized spacial score (nSPS) is 19.2. The molecule has 2 amide bonds. The predicted molar refractivity (Wildman–Crippen MR) is 82.1 cm³/mol. The number of alkyl halides is 3. The topological polar surface area (TPSA) is 49.4 Å². The van der Waals surface area contributed by atoms with Crippen molar-refractivity contribution in [1.29, 1.82) is 0 Å². The molecule has 2 fully saturated rings. The van der Waals surface area contributed by atoms with E-state index in [1.807, 2.05) is 0 Å². The molecular weight excluding hydrogens is 321 g/mol. The quantitative estimate of drug-likeness (QED) is 0.918. The van der Waals surface area contributed by atoms with E-state index in [-0.39, 0.29) is 29.3 Å². The summed E-state index contributed by atoms with van der Waals surface area (Å²) in [5.41, 5.74) is -0.642. The maximum absolute atomic E-state index is 12.7. The van der Waals surface area contributed by atoms with Gasteiger partial charge in [-0.25, -0.2) is 0 Å². The Hall–Kier alpha value is -2.05. The summed E-state index contributed by atoms with van der Waals surface area (Å²) in [6.07, 6.45) is -1.44. The highest BCUT2D eigenvalue weighted by Gasteiger charge is 2.36. The second kappa shape index (κ2) is 6.45. The lowest BCUT2D eigenvalue weighted by Crippen LogP contribution is -2.42. The SMILES string of the molecule is O=C(Nc1cccc(C(F)(F)F)c1)C1CCN(C(=O)C2CC2)CC1. The van der Waals surface area contributed by atoms with Crippen molar-refractivity contribution in [2.45, 2.75) is 31.9 Å². The van der Waals surface area contributed by atoms with Gasteiger partial charge in [0, 0.05) is 30.6 Å². The number of likely N-dealkylation sites (tertiary alicyclic amines) is 1. The highest BCUT2D eigenvalue weighted by atomic mass is 19.4. The molecule has 1 aliphatic heterocycles. The standard InChI is InChI=1S/C17H19F3N2O2/c18-17(19,20)13-2-1-3-14(10-13)21-15(23)11-6-8-22(9-7-11)16(24)12-4-5-12/h1-3,10-12H,4-9H2,(H,21,23). The molecule has 1 saturated heterocycles. The third kappa shape index (κ3) is 3.88. The fourth-order valence-corrected chi connectivity index (χ4v) is 2.97. The molecule has 24 heavy (non-hydrogen) atoms. The highest BCUT2D eigenvalue weighted by Crippen LogP contribution is 2.33. The summed E-state index contributed by atoms with van der Waals surface area (Å²) in [6.45, 7) is 1.08. The number of halogens is 3. The number of nitrogens with zero attached hydrogens (tertiary/aromatic N) is 1. The minimum atomic E-state index is -4.44. The molecule has 0 spiro atoms. The van der Waals surface area contributed by atoms with E-state index in [9.17, 15) is 22.8 Å². The van der Waals surface area contributed by atoms with E-state index >= 15 is 0 Å². The van der Waals surface area contributed by atoms with Crippen molar-refractivity contribution >= 4 is 17.5 Å². The lowest BCUT2D eigenvalue weighted by atomic mass is 9.95. The molecule has 1 heterocycles. The molecular formula is C17H19F3N2O2. The zero-order chi connectivity index (χ0) is 17.3. The van der Waals surface area contributed by atoms with Crippen LogP contribution in [0.3, 0.4) is 0 Å². The monoisotopic (exact) mass is 340 g/mol. The van der Waals surface area contributed by atoms with Crippen LogP contribution in [0.15, 0.2) is 24.3 Å². The van der Waals surface area contributed by atoms with Crippen molar-refractivity contribution in [3.8, 4) is 0 Å². The smallest absolute Gasteiger partial charge is 0.342 e. The number of hydrogen-bond donors (Lipinski definition) is 1. The van der Waals surface area contributed by atoms with E-state index in [1.165, 1.54) is 12.1 Å². The van der Waals surface area contributed by atoms with Crippen molar-refractivity contribution in [3.05, 3.63) is 29.8 Å². The molecule has 0 aromatic heterocycles. The van der Waals surface area contributed by atoms with Gasteiger partial charge in [0.1, 0.15) is 0 Å². The zero-order valence-corrected chi connectivity index (χ0v) is 13.1. The van der Waals surface area contributed by atoms with Gasteiger partial charge in [0.05, 0.1) is 5.56 Å². The fourth-order valence-electron chi connectivity index (χ4n) is 2.97. The van der Waals surface area contributed by atoms with Crippen molar-refractivity contribution in [1.82, 2.24) is 4.90 Å². The molecule has 7 heteroatoms. The Labute approximate surface area is 138 Å². The lowest BCUT2D eigenvalue weighted by Gasteiger charge is -2.31. The van der Waals surface area contributed by atoms with Crippen molar-refractivity contribution in [2.24, 2.45) is 11.8 Å². The van der Waals surface area contributed by atoms with E-state index < -0.39 is 11.7 Å². The van der Waals surface area contributed by atoms with Gasteiger partial charge in [-0.05, 0) is 43.9 Å². The number of hydrogen-bond acceptors (Lipinski definition) is 2. The van der Waals surface area contributed by atoms with Crippen LogP contribution in [0.5, 0.6) is 0 Å². The predicted octanol–water partition coefficient (Wildman–Crippen LogP) is 3.29. The second-order valence-electron chi connectivity index (χ2n) is 6.44. The first kappa shape index (κ1) is 16.8. The first-order valence-electron chi connectivity index (χ1n) is 8.11. The lowest BCUT2D eigenvalue weighted by molar-refractivity contribution is -0.137. The van der Waals surface area contributed by atoms with Crippen LogP contribution in [0.25, 0.3) is 0 Å². The van der Waals surface area contributed by atoms with Crippen molar-refractivity contribution < 1.29 is 22.8 Å². The van der Waals surface area contributed by atoms with Crippen LogP contribution in [0.4, 0.5) is 18.9 Å². The van der Waals surface area contributed by atoms with Gasteiger partial charge >= 0.3 is 6.18 Å². The first-order chi connectivity index (χ1) is 11.3. The largest absolute Gasteiger partial charge is 0.416 e. The first-order valence-corrected chi connectivity index (χ1v) is 8.11. The molecule has 0 atom stereocenters. The Bertz CT molecular complexity index is 633. The van der Waals surface area contributed by atoms with Gasteiger partial charge in [-0.1, -0.05) is 6.07 Å². The van der Waals surface area contributed by atoms with Crippen LogP contribution in [0.1, 0.15) is 31.2 Å². The Morgan fingerprint density at radius 2 is 1.71 bits per heavy atom. The van der Waals surface area contributed by atoms with Crippen molar-refractivity contribution in [2.75, 3.05) is 18.4 Å². The second-order valence-corrected chi connectivity index (χ2v) is 6.44. The number of amides is 2. The summed E-state index contributed by atoms with van der Waals surface area (Å²) in [4.78, 5) is 26.0. The van der Waals surface area contributed by atoms with Crippen LogP contribution >= 0.6 is 0 Å². The number of rotatable bonds is 3. The third-order valence-corrected chi connectivity index (χ3v) is 4.56. The summed E-state index contributed by atoms with van der Waals surface area (Å²) in [7, 11) is 0. The summed E-state index contributed by atoms with van der Waals surface area (Å²) in [5, 5.41) is 2.56.